The average Bonchev–Trinajstić information content (AvgIpc) is 2.66. The zero-order valence-corrected chi connectivity index (χ0v) is 16.2. The van der Waals surface area contributed by atoms with Crippen LogP contribution in [0.4, 0.5) is 0 Å². The van der Waals surface area contributed by atoms with E-state index in [0.717, 1.165) is 52.0 Å². The summed E-state index contributed by atoms with van der Waals surface area (Å²) in [5.41, 5.74) is 0. The summed E-state index contributed by atoms with van der Waals surface area (Å²) < 4.78 is 0. The summed E-state index contributed by atoms with van der Waals surface area (Å²) >= 11 is 0. The molecule has 2 N–H and O–H groups in total. The fourth-order valence-corrected chi connectivity index (χ4v) is 4.06. The van der Waals surface area contributed by atoms with Gasteiger partial charge in [0.2, 0.25) is 11.8 Å². The summed E-state index contributed by atoms with van der Waals surface area (Å²) in [4.78, 5) is 26.8. The fourth-order valence-electron chi connectivity index (χ4n) is 4.06. The number of nitrogens with zero attached hydrogens (tertiary/aromatic N) is 1. The molecule has 2 aliphatic heterocycles. The summed E-state index contributed by atoms with van der Waals surface area (Å²) in [5, 5.41) is 6.50. The molecule has 2 amide bonds. The van der Waals surface area contributed by atoms with Crippen LogP contribution in [0.2, 0.25) is 0 Å². The molecule has 0 aromatic rings. The highest BCUT2D eigenvalue weighted by Crippen LogP contribution is 2.25. The second kappa shape index (κ2) is 10.8. The molecule has 2 rings (SSSR count). The van der Waals surface area contributed by atoms with Crippen LogP contribution in [0.3, 0.4) is 0 Å². The number of nitrogens with one attached hydrogen (secondary N) is 2. The number of unbranched alkanes of at least 4 members (excludes halogenated alkanes) is 2. The monoisotopic (exact) mass is 351 g/mol. The molecule has 0 radical (unpaired) electrons. The van der Waals surface area contributed by atoms with E-state index in [1.165, 1.54) is 25.7 Å². The van der Waals surface area contributed by atoms with Crippen LogP contribution in [0.15, 0.2) is 0 Å². The van der Waals surface area contributed by atoms with Gasteiger partial charge in [-0.1, -0.05) is 26.7 Å². The molecule has 2 saturated heterocycles. The van der Waals surface area contributed by atoms with Gasteiger partial charge in [-0.05, 0) is 57.0 Å². The average molecular weight is 352 g/mol. The Morgan fingerprint density at radius 1 is 1.20 bits per heavy atom. The van der Waals surface area contributed by atoms with E-state index in [-0.39, 0.29) is 17.7 Å². The van der Waals surface area contributed by atoms with Crippen molar-refractivity contribution >= 4 is 11.8 Å². The van der Waals surface area contributed by atoms with E-state index in [4.69, 9.17) is 0 Å². The molecule has 0 aliphatic carbocycles. The summed E-state index contributed by atoms with van der Waals surface area (Å²) in [5.74, 6) is 1.62. The topological polar surface area (TPSA) is 61.4 Å². The molecule has 0 bridgehead atoms. The van der Waals surface area contributed by atoms with E-state index in [9.17, 15) is 9.59 Å². The first-order valence-electron chi connectivity index (χ1n) is 10.4. The minimum atomic E-state index is 0.0886. The Morgan fingerprint density at radius 2 is 1.96 bits per heavy atom. The molecule has 0 aromatic heterocycles. The molecule has 5 heteroatoms. The third-order valence-corrected chi connectivity index (χ3v) is 5.93. The lowest BCUT2D eigenvalue weighted by Crippen LogP contribution is -2.44. The number of piperidine rings is 2. The molecule has 2 unspecified atom stereocenters. The van der Waals surface area contributed by atoms with Crippen molar-refractivity contribution in [2.75, 3.05) is 32.7 Å². The summed E-state index contributed by atoms with van der Waals surface area (Å²) in [7, 11) is 0. The van der Waals surface area contributed by atoms with Crippen LogP contribution in [0, 0.1) is 17.8 Å². The van der Waals surface area contributed by atoms with Gasteiger partial charge < -0.3 is 15.5 Å². The van der Waals surface area contributed by atoms with E-state index in [1.807, 2.05) is 4.90 Å². The lowest BCUT2D eigenvalue weighted by Gasteiger charge is -2.34. The van der Waals surface area contributed by atoms with Crippen molar-refractivity contribution in [2.24, 2.45) is 17.8 Å². The Hall–Kier alpha value is -1.10. The Morgan fingerprint density at radius 3 is 2.60 bits per heavy atom. The number of hydrogen-bond donors (Lipinski definition) is 2. The smallest absolute Gasteiger partial charge is 0.223 e. The summed E-state index contributed by atoms with van der Waals surface area (Å²) in [6.45, 7) is 8.81. The molecular formula is C20H37N3O2. The van der Waals surface area contributed by atoms with Gasteiger partial charge in [0.25, 0.3) is 0 Å². The van der Waals surface area contributed by atoms with Crippen molar-refractivity contribution in [1.82, 2.24) is 15.5 Å². The quantitative estimate of drug-likeness (QED) is 0.661. The molecule has 2 heterocycles. The van der Waals surface area contributed by atoms with Gasteiger partial charge in [0, 0.05) is 32.0 Å². The third kappa shape index (κ3) is 6.61. The lowest BCUT2D eigenvalue weighted by atomic mass is 9.85. The number of hydrogen-bond acceptors (Lipinski definition) is 3. The van der Waals surface area contributed by atoms with Gasteiger partial charge in [0.05, 0.1) is 0 Å². The van der Waals surface area contributed by atoms with Gasteiger partial charge >= 0.3 is 0 Å². The predicted octanol–water partition coefficient (Wildman–Crippen LogP) is 2.56. The maximum atomic E-state index is 12.6. The first-order chi connectivity index (χ1) is 12.1. The van der Waals surface area contributed by atoms with Crippen molar-refractivity contribution < 1.29 is 9.59 Å². The van der Waals surface area contributed by atoms with Crippen molar-refractivity contribution in [3.05, 3.63) is 0 Å². The molecule has 2 atom stereocenters. The van der Waals surface area contributed by atoms with Crippen LogP contribution < -0.4 is 10.6 Å². The van der Waals surface area contributed by atoms with Gasteiger partial charge in [-0.2, -0.15) is 0 Å². The van der Waals surface area contributed by atoms with E-state index >= 15 is 0 Å². The van der Waals surface area contributed by atoms with Gasteiger partial charge in [0.1, 0.15) is 0 Å². The molecular weight excluding hydrogens is 314 g/mol. The second-order valence-corrected chi connectivity index (χ2v) is 7.94. The molecule has 0 spiro atoms. The molecule has 0 saturated carbocycles. The Labute approximate surface area is 153 Å². The van der Waals surface area contributed by atoms with E-state index in [0.29, 0.717) is 18.3 Å². The third-order valence-electron chi connectivity index (χ3n) is 5.93. The minimum Gasteiger partial charge on any atom is -0.356 e. The fraction of sp³-hybridized carbons (Fsp3) is 0.900. The van der Waals surface area contributed by atoms with Gasteiger partial charge in [0.15, 0.2) is 0 Å². The zero-order chi connectivity index (χ0) is 18.1. The van der Waals surface area contributed by atoms with Gasteiger partial charge in [-0.15, -0.1) is 0 Å². The predicted molar refractivity (Wildman–Crippen MR) is 101 cm³/mol. The van der Waals surface area contributed by atoms with E-state index in [1.54, 1.807) is 0 Å². The number of carbonyl (C=O) groups is 2. The molecule has 0 aromatic carbocycles. The van der Waals surface area contributed by atoms with Gasteiger partial charge in [-0.3, -0.25) is 9.59 Å². The second-order valence-electron chi connectivity index (χ2n) is 7.94. The SMILES string of the molecule is CCCCCNC(=O)C1CCN(C(=O)CC(C)C2CCCNC2)CC1. The number of likely N-dealkylation sites (tertiary alicyclic amines) is 1. The number of rotatable bonds is 8. The molecule has 5 nitrogen and oxygen atoms in total. The number of carbonyl (C=O) groups excluding carboxylic acids is 2. The normalized spacial score (nSPS) is 23.3. The summed E-state index contributed by atoms with van der Waals surface area (Å²) in [6, 6.07) is 0. The van der Waals surface area contributed by atoms with Crippen LogP contribution in [-0.4, -0.2) is 49.4 Å². The zero-order valence-electron chi connectivity index (χ0n) is 16.2. The standard InChI is InChI=1S/C20H37N3O2/c1-3-4-5-11-22-20(25)17-8-12-23(13-9-17)19(24)14-16(2)18-7-6-10-21-15-18/h16-18,21H,3-15H2,1-2H3,(H,22,25). The van der Waals surface area contributed by atoms with Crippen LogP contribution in [0.25, 0.3) is 0 Å². The highest BCUT2D eigenvalue weighted by atomic mass is 16.2. The Balaban J connectivity index is 1.66. The lowest BCUT2D eigenvalue weighted by molar-refractivity contribution is -0.136. The van der Waals surface area contributed by atoms with E-state index in [2.05, 4.69) is 24.5 Å². The molecule has 25 heavy (non-hydrogen) atoms. The maximum Gasteiger partial charge on any atom is 0.223 e. The van der Waals surface area contributed by atoms with Crippen molar-refractivity contribution in [3.63, 3.8) is 0 Å². The highest BCUT2D eigenvalue weighted by Gasteiger charge is 2.29. The Bertz CT molecular complexity index is 413. The maximum absolute atomic E-state index is 12.6. The largest absolute Gasteiger partial charge is 0.356 e. The first-order valence-corrected chi connectivity index (χ1v) is 10.4. The first kappa shape index (κ1) is 20.2. The highest BCUT2D eigenvalue weighted by molar-refractivity contribution is 5.80. The molecule has 2 fully saturated rings. The molecule has 2 aliphatic rings. The van der Waals surface area contributed by atoms with Crippen LogP contribution in [0.5, 0.6) is 0 Å². The Kier molecular flexibility index (Phi) is 8.73. The van der Waals surface area contributed by atoms with Crippen LogP contribution in [-0.2, 0) is 9.59 Å². The van der Waals surface area contributed by atoms with Crippen LogP contribution in [0.1, 0.15) is 65.2 Å². The van der Waals surface area contributed by atoms with Gasteiger partial charge in [-0.25, -0.2) is 0 Å². The minimum absolute atomic E-state index is 0.0886. The number of amides is 2. The van der Waals surface area contributed by atoms with Crippen molar-refractivity contribution in [3.8, 4) is 0 Å². The van der Waals surface area contributed by atoms with E-state index < -0.39 is 0 Å². The van der Waals surface area contributed by atoms with Crippen molar-refractivity contribution in [1.29, 1.82) is 0 Å². The summed E-state index contributed by atoms with van der Waals surface area (Å²) in [6.07, 6.45) is 8.14. The van der Waals surface area contributed by atoms with Crippen molar-refractivity contribution in [2.45, 2.75) is 65.2 Å². The van der Waals surface area contributed by atoms with Crippen LogP contribution >= 0.6 is 0 Å². The molecule has 144 valence electrons.